The number of carbonyl (C=O) groups excluding carboxylic acids is 1. The smallest absolute Gasteiger partial charge is 0.255 e. The lowest BCUT2D eigenvalue weighted by molar-refractivity contribution is 0.0946. The molecule has 5 heteroatoms. The number of epoxide rings is 1. The molecule has 1 aliphatic rings. The van der Waals surface area contributed by atoms with Crippen LogP contribution in [0.4, 0.5) is 4.39 Å². The number of benzene rings is 1. The van der Waals surface area contributed by atoms with Gasteiger partial charge in [-0.25, -0.2) is 4.39 Å². The third-order valence-electron chi connectivity index (χ3n) is 2.08. The van der Waals surface area contributed by atoms with Crippen molar-refractivity contribution >= 4 is 17.5 Å². The van der Waals surface area contributed by atoms with Crippen molar-refractivity contribution in [3.05, 3.63) is 34.6 Å². The average molecular weight is 230 g/mol. The van der Waals surface area contributed by atoms with Gasteiger partial charge in [0, 0.05) is 6.54 Å². The predicted octanol–water partition coefficient (Wildman–Crippen LogP) is 1.61. The van der Waals surface area contributed by atoms with Gasteiger partial charge in [0.05, 0.1) is 23.3 Å². The van der Waals surface area contributed by atoms with Crippen LogP contribution in [-0.4, -0.2) is 25.2 Å². The maximum absolute atomic E-state index is 13.3. The third-order valence-corrected chi connectivity index (χ3v) is 2.40. The van der Waals surface area contributed by atoms with Crippen LogP contribution in [0, 0.1) is 5.82 Å². The summed E-state index contributed by atoms with van der Waals surface area (Å²) < 4.78 is 18.2. The number of hydrogen-bond donors (Lipinski definition) is 1. The van der Waals surface area contributed by atoms with Gasteiger partial charge in [0.25, 0.3) is 5.91 Å². The first kappa shape index (κ1) is 10.4. The number of rotatable bonds is 3. The van der Waals surface area contributed by atoms with E-state index in [1.807, 2.05) is 0 Å². The van der Waals surface area contributed by atoms with Gasteiger partial charge in [-0.15, -0.1) is 0 Å². The van der Waals surface area contributed by atoms with Crippen LogP contribution in [0.15, 0.2) is 18.2 Å². The lowest BCUT2D eigenvalue weighted by Gasteiger charge is -2.05. The number of carbonyl (C=O) groups is 1. The second kappa shape index (κ2) is 4.16. The van der Waals surface area contributed by atoms with Crippen LogP contribution in [0.5, 0.6) is 0 Å². The topological polar surface area (TPSA) is 41.6 Å². The van der Waals surface area contributed by atoms with Crippen LogP contribution in [0.25, 0.3) is 0 Å². The van der Waals surface area contributed by atoms with Crippen molar-refractivity contribution in [2.45, 2.75) is 6.10 Å². The lowest BCUT2D eigenvalue weighted by Crippen LogP contribution is -2.28. The molecule has 1 N–H and O–H groups in total. The summed E-state index contributed by atoms with van der Waals surface area (Å²) in [4.78, 5) is 11.5. The fourth-order valence-electron chi connectivity index (χ4n) is 1.20. The maximum atomic E-state index is 13.3. The molecule has 2 rings (SSSR count). The van der Waals surface area contributed by atoms with Gasteiger partial charge in [-0.1, -0.05) is 17.7 Å². The average Bonchev–Trinajstić information content (AvgIpc) is 2.97. The van der Waals surface area contributed by atoms with Crippen molar-refractivity contribution in [3.8, 4) is 0 Å². The molecule has 0 bridgehead atoms. The Morgan fingerprint density at radius 1 is 1.67 bits per heavy atom. The highest BCUT2D eigenvalue weighted by Gasteiger charge is 2.24. The van der Waals surface area contributed by atoms with E-state index >= 15 is 0 Å². The van der Waals surface area contributed by atoms with Gasteiger partial charge in [-0.3, -0.25) is 4.79 Å². The zero-order valence-corrected chi connectivity index (χ0v) is 8.55. The van der Waals surface area contributed by atoms with Gasteiger partial charge in [-0.2, -0.15) is 0 Å². The molecule has 1 saturated heterocycles. The van der Waals surface area contributed by atoms with Crippen molar-refractivity contribution in [1.82, 2.24) is 5.32 Å². The standard InChI is InChI=1S/C10H9ClFNO2/c11-7-2-1-3-8(12)9(7)10(14)13-4-6-5-15-6/h1-3,6H,4-5H2,(H,13,14)/t6-/m1/s1. The molecule has 1 fully saturated rings. The fraction of sp³-hybridized carbons (Fsp3) is 0.300. The van der Waals surface area contributed by atoms with Gasteiger partial charge in [-0.05, 0) is 12.1 Å². The Labute approximate surface area is 91.2 Å². The molecule has 80 valence electrons. The third kappa shape index (κ3) is 2.46. The minimum atomic E-state index is -0.614. The van der Waals surface area contributed by atoms with E-state index < -0.39 is 11.7 Å². The summed E-state index contributed by atoms with van der Waals surface area (Å²) in [6.45, 7) is 1.04. The van der Waals surface area contributed by atoms with Gasteiger partial charge in [0.15, 0.2) is 0 Å². The zero-order chi connectivity index (χ0) is 10.8. The first-order valence-electron chi connectivity index (χ1n) is 4.52. The van der Waals surface area contributed by atoms with Crippen LogP contribution in [0.1, 0.15) is 10.4 Å². The Kier molecular flexibility index (Phi) is 2.88. The second-order valence-corrected chi connectivity index (χ2v) is 3.67. The normalized spacial score (nSPS) is 18.7. The van der Waals surface area contributed by atoms with Gasteiger partial charge in [0.2, 0.25) is 0 Å². The molecule has 15 heavy (non-hydrogen) atoms. The molecule has 1 heterocycles. The summed E-state index contributed by atoms with van der Waals surface area (Å²) in [5, 5.41) is 2.67. The molecule has 1 aromatic rings. The fourth-order valence-corrected chi connectivity index (χ4v) is 1.44. The van der Waals surface area contributed by atoms with E-state index in [9.17, 15) is 9.18 Å². The summed E-state index contributed by atoms with van der Waals surface area (Å²) in [6.07, 6.45) is 0.0690. The largest absolute Gasteiger partial charge is 0.371 e. The van der Waals surface area contributed by atoms with E-state index in [4.69, 9.17) is 16.3 Å². The summed E-state index contributed by atoms with van der Waals surface area (Å²) in [6, 6.07) is 4.14. The highest BCUT2D eigenvalue weighted by atomic mass is 35.5. The Morgan fingerprint density at radius 3 is 3.00 bits per heavy atom. The van der Waals surface area contributed by atoms with Crippen LogP contribution in [-0.2, 0) is 4.74 Å². The molecule has 3 nitrogen and oxygen atoms in total. The van der Waals surface area contributed by atoms with Gasteiger partial charge in [0.1, 0.15) is 5.82 Å². The summed E-state index contributed by atoms with van der Waals surface area (Å²) in [7, 11) is 0. The Bertz CT molecular complexity index is 373. The number of halogens is 2. The maximum Gasteiger partial charge on any atom is 0.255 e. The van der Waals surface area contributed by atoms with Crippen molar-refractivity contribution in [3.63, 3.8) is 0 Å². The van der Waals surface area contributed by atoms with E-state index in [-0.39, 0.29) is 16.7 Å². The minimum Gasteiger partial charge on any atom is -0.371 e. The molecule has 1 amide bonds. The Hall–Kier alpha value is -1.13. The summed E-state index contributed by atoms with van der Waals surface area (Å²) >= 11 is 5.72. The SMILES string of the molecule is O=C(NC[C@@H]1CO1)c1c(F)cccc1Cl. The number of amides is 1. The van der Waals surface area contributed by atoms with Crippen LogP contribution < -0.4 is 5.32 Å². The molecular formula is C10H9ClFNO2. The van der Waals surface area contributed by atoms with E-state index in [0.29, 0.717) is 13.2 Å². The molecule has 0 unspecified atom stereocenters. The first-order chi connectivity index (χ1) is 7.18. The molecule has 1 atom stereocenters. The van der Waals surface area contributed by atoms with Crippen molar-refractivity contribution in [2.24, 2.45) is 0 Å². The zero-order valence-electron chi connectivity index (χ0n) is 7.80. The molecule has 1 aromatic carbocycles. The first-order valence-corrected chi connectivity index (χ1v) is 4.90. The molecule has 0 saturated carbocycles. The number of nitrogens with one attached hydrogen (secondary N) is 1. The summed E-state index contributed by atoms with van der Waals surface area (Å²) in [5.41, 5.74) is -0.111. The van der Waals surface area contributed by atoms with Crippen LogP contribution in [0.3, 0.4) is 0 Å². The number of hydrogen-bond acceptors (Lipinski definition) is 2. The van der Waals surface area contributed by atoms with E-state index in [0.717, 1.165) is 0 Å². The van der Waals surface area contributed by atoms with Gasteiger partial charge >= 0.3 is 0 Å². The second-order valence-electron chi connectivity index (χ2n) is 3.26. The minimum absolute atomic E-state index is 0.0690. The summed E-state index contributed by atoms with van der Waals surface area (Å²) in [5.74, 6) is -1.12. The molecular weight excluding hydrogens is 221 g/mol. The van der Waals surface area contributed by atoms with Crippen molar-refractivity contribution < 1.29 is 13.9 Å². The van der Waals surface area contributed by atoms with Crippen LogP contribution >= 0.6 is 11.6 Å². The highest BCUT2D eigenvalue weighted by Crippen LogP contribution is 2.18. The monoisotopic (exact) mass is 229 g/mol. The Morgan fingerprint density at radius 2 is 2.40 bits per heavy atom. The Balaban J connectivity index is 2.09. The molecule has 0 radical (unpaired) electrons. The lowest BCUT2D eigenvalue weighted by atomic mass is 10.2. The molecule has 0 spiro atoms. The predicted molar refractivity (Wildman–Crippen MR) is 53.5 cm³/mol. The van der Waals surface area contributed by atoms with Crippen molar-refractivity contribution in [1.29, 1.82) is 0 Å². The van der Waals surface area contributed by atoms with Crippen molar-refractivity contribution in [2.75, 3.05) is 13.2 Å². The molecule has 0 aliphatic carbocycles. The van der Waals surface area contributed by atoms with E-state index in [2.05, 4.69) is 5.32 Å². The number of ether oxygens (including phenoxy) is 1. The highest BCUT2D eigenvalue weighted by molar-refractivity contribution is 6.33. The quantitative estimate of drug-likeness (QED) is 0.800. The van der Waals surface area contributed by atoms with Gasteiger partial charge < -0.3 is 10.1 Å². The van der Waals surface area contributed by atoms with E-state index in [1.54, 1.807) is 0 Å². The molecule has 0 aromatic heterocycles. The molecule has 1 aliphatic heterocycles. The van der Waals surface area contributed by atoms with E-state index in [1.165, 1.54) is 18.2 Å². The van der Waals surface area contributed by atoms with Crippen LogP contribution in [0.2, 0.25) is 5.02 Å².